The standard InChI is InChI=1S/C22H24ClN3O4/c23-17-8-10-18(11-9-17)25-22(29)21(28)24-12-4-7-20(27)26-13-14-30-19(15-26)16-5-2-1-3-6-16/h1-3,5-6,8-11,19H,4,7,12-15H2,(H,24,28)(H,25,29). The quantitative estimate of drug-likeness (QED) is 0.546. The van der Waals surface area contributed by atoms with Crippen molar-refractivity contribution >= 4 is 35.0 Å². The number of ether oxygens (including phenoxy) is 1. The van der Waals surface area contributed by atoms with E-state index in [4.69, 9.17) is 16.3 Å². The van der Waals surface area contributed by atoms with Gasteiger partial charge in [-0.15, -0.1) is 0 Å². The van der Waals surface area contributed by atoms with Crippen LogP contribution in [0.3, 0.4) is 0 Å². The molecule has 2 N–H and O–H groups in total. The van der Waals surface area contributed by atoms with Crippen LogP contribution >= 0.6 is 11.6 Å². The third kappa shape index (κ3) is 6.30. The monoisotopic (exact) mass is 429 g/mol. The summed E-state index contributed by atoms with van der Waals surface area (Å²) in [6, 6.07) is 16.3. The number of anilines is 1. The highest BCUT2D eigenvalue weighted by molar-refractivity contribution is 6.39. The second kappa shape index (κ2) is 10.8. The van der Waals surface area contributed by atoms with E-state index in [0.717, 1.165) is 5.56 Å². The summed E-state index contributed by atoms with van der Waals surface area (Å²) in [6.07, 6.45) is 0.618. The van der Waals surface area contributed by atoms with Gasteiger partial charge in [0.1, 0.15) is 6.10 Å². The highest BCUT2D eigenvalue weighted by atomic mass is 35.5. The summed E-state index contributed by atoms with van der Waals surface area (Å²) in [4.78, 5) is 38.1. The summed E-state index contributed by atoms with van der Waals surface area (Å²) >= 11 is 5.79. The number of morpholine rings is 1. The van der Waals surface area contributed by atoms with Gasteiger partial charge >= 0.3 is 11.8 Å². The predicted octanol–water partition coefficient (Wildman–Crippen LogP) is 2.77. The molecule has 1 aliphatic heterocycles. The van der Waals surface area contributed by atoms with E-state index in [0.29, 0.717) is 43.2 Å². The molecule has 158 valence electrons. The molecule has 2 aromatic carbocycles. The van der Waals surface area contributed by atoms with Gasteiger partial charge in [0.2, 0.25) is 5.91 Å². The number of hydrogen-bond donors (Lipinski definition) is 2. The third-order valence-corrected chi connectivity index (χ3v) is 5.00. The Bertz CT molecular complexity index is 874. The lowest BCUT2D eigenvalue weighted by atomic mass is 10.1. The fourth-order valence-electron chi connectivity index (χ4n) is 3.15. The third-order valence-electron chi connectivity index (χ3n) is 4.75. The van der Waals surface area contributed by atoms with Crippen LogP contribution in [0.2, 0.25) is 5.02 Å². The molecular formula is C22H24ClN3O4. The summed E-state index contributed by atoms with van der Waals surface area (Å²) in [7, 11) is 0. The summed E-state index contributed by atoms with van der Waals surface area (Å²) in [5.74, 6) is -1.49. The summed E-state index contributed by atoms with van der Waals surface area (Å²) in [6.45, 7) is 1.80. The van der Waals surface area contributed by atoms with E-state index in [1.165, 1.54) is 0 Å². The smallest absolute Gasteiger partial charge is 0.313 e. The number of hydrogen-bond acceptors (Lipinski definition) is 4. The van der Waals surface area contributed by atoms with Gasteiger partial charge in [-0.2, -0.15) is 0 Å². The molecule has 1 aliphatic rings. The van der Waals surface area contributed by atoms with Gasteiger partial charge in [-0.05, 0) is 36.2 Å². The molecular weight excluding hydrogens is 406 g/mol. The second-order valence-electron chi connectivity index (χ2n) is 6.93. The minimum absolute atomic E-state index is 0.0131. The molecule has 3 amide bonds. The van der Waals surface area contributed by atoms with Gasteiger partial charge in [0.05, 0.1) is 13.2 Å². The van der Waals surface area contributed by atoms with Crippen molar-refractivity contribution in [3.05, 3.63) is 65.2 Å². The zero-order chi connectivity index (χ0) is 21.3. The minimum Gasteiger partial charge on any atom is -0.370 e. The summed E-state index contributed by atoms with van der Waals surface area (Å²) in [5.41, 5.74) is 1.53. The second-order valence-corrected chi connectivity index (χ2v) is 7.37. The number of nitrogens with zero attached hydrogens (tertiary/aromatic N) is 1. The fourth-order valence-corrected chi connectivity index (χ4v) is 3.27. The predicted molar refractivity (Wildman–Crippen MR) is 114 cm³/mol. The van der Waals surface area contributed by atoms with Gasteiger partial charge in [-0.3, -0.25) is 14.4 Å². The van der Waals surface area contributed by atoms with E-state index >= 15 is 0 Å². The molecule has 0 saturated carbocycles. The van der Waals surface area contributed by atoms with Crippen LogP contribution in [0.1, 0.15) is 24.5 Å². The summed E-state index contributed by atoms with van der Waals surface area (Å²) in [5, 5.41) is 5.57. The van der Waals surface area contributed by atoms with Crippen LogP contribution in [0.5, 0.6) is 0 Å². The topological polar surface area (TPSA) is 87.7 Å². The van der Waals surface area contributed by atoms with E-state index in [1.54, 1.807) is 29.2 Å². The molecule has 1 fully saturated rings. The molecule has 30 heavy (non-hydrogen) atoms. The van der Waals surface area contributed by atoms with Crippen LogP contribution in [0, 0.1) is 0 Å². The first-order valence-corrected chi connectivity index (χ1v) is 10.2. The average molecular weight is 430 g/mol. The molecule has 0 aliphatic carbocycles. The maximum atomic E-state index is 12.5. The fraction of sp³-hybridized carbons (Fsp3) is 0.318. The molecule has 1 heterocycles. The minimum atomic E-state index is -0.762. The maximum absolute atomic E-state index is 12.5. The number of carbonyl (C=O) groups is 3. The number of halogens is 1. The van der Waals surface area contributed by atoms with Crippen LogP contribution in [0.4, 0.5) is 5.69 Å². The molecule has 0 aromatic heterocycles. The van der Waals surface area contributed by atoms with Gasteiger partial charge in [-0.1, -0.05) is 41.9 Å². The van der Waals surface area contributed by atoms with Gasteiger partial charge in [-0.25, -0.2) is 0 Å². The van der Waals surface area contributed by atoms with Crippen molar-refractivity contribution in [2.24, 2.45) is 0 Å². The van der Waals surface area contributed by atoms with Crippen LogP contribution in [-0.2, 0) is 19.1 Å². The Kier molecular flexibility index (Phi) is 7.82. The normalized spacial score (nSPS) is 16.0. The Morgan fingerprint density at radius 2 is 1.77 bits per heavy atom. The zero-order valence-electron chi connectivity index (χ0n) is 16.5. The first-order valence-electron chi connectivity index (χ1n) is 9.82. The van der Waals surface area contributed by atoms with Crippen LogP contribution in [0.15, 0.2) is 54.6 Å². The molecule has 2 aromatic rings. The Hall–Kier alpha value is -2.90. The lowest BCUT2D eigenvalue weighted by Gasteiger charge is -2.33. The summed E-state index contributed by atoms with van der Waals surface area (Å²) < 4.78 is 5.78. The van der Waals surface area contributed by atoms with Gasteiger partial charge in [0.15, 0.2) is 0 Å². The molecule has 7 nitrogen and oxygen atoms in total. The highest BCUT2D eigenvalue weighted by Gasteiger charge is 2.25. The number of amides is 3. The largest absolute Gasteiger partial charge is 0.370 e. The number of nitrogens with one attached hydrogen (secondary N) is 2. The van der Waals surface area contributed by atoms with Crippen molar-refractivity contribution in [2.45, 2.75) is 18.9 Å². The van der Waals surface area contributed by atoms with Crippen molar-refractivity contribution in [3.63, 3.8) is 0 Å². The van der Waals surface area contributed by atoms with Gasteiger partial charge in [0, 0.05) is 30.2 Å². The van der Waals surface area contributed by atoms with E-state index in [2.05, 4.69) is 10.6 Å². The average Bonchev–Trinajstić information content (AvgIpc) is 2.78. The van der Waals surface area contributed by atoms with Gasteiger partial charge < -0.3 is 20.3 Å². The van der Waals surface area contributed by atoms with E-state index in [-0.39, 0.29) is 18.6 Å². The molecule has 8 heteroatoms. The molecule has 1 unspecified atom stereocenters. The van der Waals surface area contributed by atoms with Crippen molar-refractivity contribution in [2.75, 3.05) is 31.6 Å². The molecule has 0 radical (unpaired) electrons. The first kappa shape index (κ1) is 21.8. The van der Waals surface area contributed by atoms with Crippen LogP contribution in [0.25, 0.3) is 0 Å². The lowest BCUT2D eigenvalue weighted by Crippen LogP contribution is -2.42. The Morgan fingerprint density at radius 3 is 2.50 bits per heavy atom. The molecule has 3 rings (SSSR count). The SMILES string of the molecule is O=C(NCCCC(=O)N1CCOC(c2ccccc2)C1)C(=O)Nc1ccc(Cl)cc1. The van der Waals surface area contributed by atoms with Crippen molar-refractivity contribution in [1.29, 1.82) is 0 Å². The van der Waals surface area contributed by atoms with Crippen molar-refractivity contribution < 1.29 is 19.1 Å². The molecule has 0 bridgehead atoms. The molecule has 1 atom stereocenters. The van der Waals surface area contributed by atoms with E-state index < -0.39 is 11.8 Å². The highest BCUT2D eigenvalue weighted by Crippen LogP contribution is 2.22. The van der Waals surface area contributed by atoms with E-state index in [9.17, 15) is 14.4 Å². The Balaban J connectivity index is 1.37. The molecule has 0 spiro atoms. The molecule has 1 saturated heterocycles. The van der Waals surface area contributed by atoms with Gasteiger partial charge in [0.25, 0.3) is 0 Å². The Labute approximate surface area is 180 Å². The zero-order valence-corrected chi connectivity index (χ0v) is 17.2. The number of rotatable bonds is 6. The van der Waals surface area contributed by atoms with Crippen molar-refractivity contribution in [1.82, 2.24) is 10.2 Å². The number of carbonyl (C=O) groups excluding carboxylic acids is 3. The van der Waals surface area contributed by atoms with Crippen LogP contribution in [-0.4, -0.2) is 48.9 Å². The maximum Gasteiger partial charge on any atom is 0.313 e. The van der Waals surface area contributed by atoms with Crippen molar-refractivity contribution in [3.8, 4) is 0 Å². The first-order chi connectivity index (χ1) is 14.5. The number of benzene rings is 2. The lowest BCUT2D eigenvalue weighted by molar-refractivity contribution is -0.139. The van der Waals surface area contributed by atoms with Crippen LogP contribution < -0.4 is 10.6 Å². The Morgan fingerprint density at radius 1 is 1.03 bits per heavy atom. The van der Waals surface area contributed by atoms with E-state index in [1.807, 2.05) is 30.3 Å².